The third-order valence-corrected chi connectivity index (χ3v) is 8.52. The van der Waals surface area contributed by atoms with E-state index in [0.29, 0.717) is 5.02 Å². The topological polar surface area (TPSA) is 32.3 Å². The molecule has 0 saturated carbocycles. The first-order chi connectivity index (χ1) is 14.0. The average Bonchev–Trinajstić information content (AvgIpc) is 3.11. The van der Waals surface area contributed by atoms with Gasteiger partial charge >= 0.3 is 0 Å². The molecule has 0 bridgehead atoms. The summed E-state index contributed by atoms with van der Waals surface area (Å²) in [6.07, 6.45) is 0.982. The predicted octanol–water partition coefficient (Wildman–Crippen LogP) is 6.12. The van der Waals surface area contributed by atoms with E-state index in [4.69, 9.17) is 11.6 Å². The molecule has 6 heteroatoms. The molecule has 0 saturated heterocycles. The zero-order chi connectivity index (χ0) is 20.5. The van der Waals surface area contributed by atoms with Crippen molar-refractivity contribution in [3.8, 4) is 0 Å². The molecule has 0 amide bonds. The van der Waals surface area contributed by atoms with Gasteiger partial charge in [-0.15, -0.1) is 11.3 Å². The summed E-state index contributed by atoms with van der Waals surface area (Å²) in [6, 6.07) is 12.0. The van der Waals surface area contributed by atoms with Crippen molar-refractivity contribution in [3.63, 3.8) is 0 Å². The van der Waals surface area contributed by atoms with E-state index < -0.39 is 10.8 Å². The quantitative estimate of drug-likeness (QED) is 0.464. The van der Waals surface area contributed by atoms with Gasteiger partial charge in [-0.05, 0) is 80.1 Å². The maximum Gasteiger partial charge on any atom is 0.0907 e. The number of nitrogens with one attached hydrogen (secondary N) is 1. The molecule has 3 aromatic rings. The molecule has 2 aromatic carbocycles. The van der Waals surface area contributed by atoms with E-state index in [1.807, 2.05) is 24.3 Å². The number of thiophene rings is 1. The first-order valence-corrected chi connectivity index (χ1v) is 12.2. The summed E-state index contributed by atoms with van der Waals surface area (Å²) >= 11 is 8.27. The van der Waals surface area contributed by atoms with Crippen molar-refractivity contribution in [3.05, 3.63) is 68.4 Å². The van der Waals surface area contributed by atoms with Crippen molar-refractivity contribution in [1.82, 2.24) is 5.32 Å². The minimum Gasteiger partial charge on any atom is -0.339 e. The van der Waals surface area contributed by atoms with E-state index in [1.165, 1.54) is 21.6 Å². The summed E-state index contributed by atoms with van der Waals surface area (Å²) in [5, 5.41) is 6.27. The van der Waals surface area contributed by atoms with Crippen LogP contribution >= 0.6 is 22.9 Å². The molecule has 0 aliphatic carbocycles. The number of rotatable bonds is 6. The van der Waals surface area contributed by atoms with Gasteiger partial charge in [-0.1, -0.05) is 23.7 Å². The minimum atomic E-state index is -1.26. The second-order valence-corrected chi connectivity index (χ2v) is 10.2. The molecule has 0 fully saturated rings. The number of aryl methyl sites for hydroxylation is 2. The summed E-state index contributed by atoms with van der Waals surface area (Å²) in [6.45, 7) is 9.06. The van der Waals surface area contributed by atoms with Crippen LogP contribution in [0.5, 0.6) is 0 Å². The predicted molar refractivity (Wildman–Crippen MR) is 124 cm³/mol. The molecule has 1 aromatic heterocycles. The Hall–Kier alpha value is -1.66. The standard InChI is InChI=1S/C23H25ClN2OS2/c1-15-8-9-21-22(17(15)3)26(19-7-4-6-18(24)23(19)29(21)27)12-5-11-25-14-20-16(2)10-13-28-20/h4,6-10,13,25H,5,11-12,14H2,1-3H3. The van der Waals surface area contributed by atoms with E-state index in [-0.39, 0.29) is 0 Å². The summed E-state index contributed by atoms with van der Waals surface area (Å²) in [5.74, 6) is 0. The molecule has 1 atom stereocenters. The fraction of sp³-hybridized carbons (Fsp3) is 0.304. The largest absolute Gasteiger partial charge is 0.339 e. The molecule has 1 aliphatic heterocycles. The van der Waals surface area contributed by atoms with Gasteiger partial charge in [0.15, 0.2) is 0 Å². The third-order valence-electron chi connectivity index (χ3n) is 5.55. The Morgan fingerprint density at radius 2 is 1.93 bits per heavy atom. The molecule has 1 N–H and O–H groups in total. The molecule has 3 nitrogen and oxygen atoms in total. The zero-order valence-electron chi connectivity index (χ0n) is 16.9. The maximum atomic E-state index is 13.3. The Morgan fingerprint density at radius 1 is 1.10 bits per heavy atom. The molecular weight excluding hydrogens is 420 g/mol. The van der Waals surface area contributed by atoms with Crippen LogP contribution < -0.4 is 10.2 Å². The number of hydrogen-bond donors (Lipinski definition) is 1. The van der Waals surface area contributed by atoms with Gasteiger partial charge in [-0.2, -0.15) is 0 Å². The fourth-order valence-electron chi connectivity index (χ4n) is 3.77. The number of nitrogens with zero attached hydrogens (tertiary/aromatic N) is 1. The highest BCUT2D eigenvalue weighted by Crippen LogP contribution is 2.46. The first kappa shape index (κ1) is 20.6. The van der Waals surface area contributed by atoms with E-state index in [9.17, 15) is 4.21 Å². The second kappa shape index (κ2) is 8.60. The Morgan fingerprint density at radius 3 is 2.69 bits per heavy atom. The molecule has 0 spiro atoms. The lowest BCUT2D eigenvalue weighted by Gasteiger charge is -2.35. The van der Waals surface area contributed by atoms with Crippen LogP contribution in [0.3, 0.4) is 0 Å². The smallest absolute Gasteiger partial charge is 0.0907 e. The number of hydrogen-bond acceptors (Lipinski definition) is 4. The van der Waals surface area contributed by atoms with Crippen molar-refractivity contribution in [1.29, 1.82) is 0 Å². The lowest BCUT2D eigenvalue weighted by Crippen LogP contribution is -2.28. The van der Waals surface area contributed by atoms with Gasteiger partial charge in [0.05, 0.1) is 37.0 Å². The van der Waals surface area contributed by atoms with Crippen LogP contribution in [0.25, 0.3) is 0 Å². The van der Waals surface area contributed by atoms with Gasteiger partial charge in [-0.25, -0.2) is 4.21 Å². The van der Waals surface area contributed by atoms with E-state index in [2.05, 4.69) is 48.5 Å². The van der Waals surface area contributed by atoms with Crippen LogP contribution in [0, 0.1) is 20.8 Å². The Balaban J connectivity index is 1.57. The number of fused-ring (bicyclic) bond motifs is 2. The molecule has 0 radical (unpaired) electrons. The fourth-order valence-corrected chi connectivity index (χ4v) is 6.49. The van der Waals surface area contributed by atoms with Crippen molar-refractivity contribution in [2.75, 3.05) is 18.0 Å². The lowest BCUT2D eigenvalue weighted by molar-refractivity contribution is 0.650. The van der Waals surface area contributed by atoms with Gasteiger partial charge in [0.25, 0.3) is 0 Å². The molecule has 152 valence electrons. The third kappa shape index (κ3) is 3.89. The monoisotopic (exact) mass is 444 g/mol. The molecule has 4 rings (SSSR count). The number of anilines is 2. The van der Waals surface area contributed by atoms with E-state index in [0.717, 1.165) is 47.2 Å². The summed E-state index contributed by atoms with van der Waals surface area (Å²) in [5.41, 5.74) is 5.79. The number of benzene rings is 2. The van der Waals surface area contributed by atoms with Gasteiger partial charge < -0.3 is 10.2 Å². The average molecular weight is 445 g/mol. The van der Waals surface area contributed by atoms with Gasteiger partial charge in [0, 0.05) is 18.0 Å². The summed E-state index contributed by atoms with van der Waals surface area (Å²) in [4.78, 5) is 5.29. The Bertz CT molecular complexity index is 1080. The Labute approximate surface area is 184 Å². The summed E-state index contributed by atoms with van der Waals surface area (Å²) < 4.78 is 13.3. The molecule has 1 unspecified atom stereocenters. The van der Waals surface area contributed by atoms with Crippen LogP contribution in [0.2, 0.25) is 5.02 Å². The van der Waals surface area contributed by atoms with Crippen molar-refractivity contribution >= 4 is 45.1 Å². The van der Waals surface area contributed by atoms with Gasteiger partial charge in [-0.3, -0.25) is 0 Å². The van der Waals surface area contributed by atoms with E-state index >= 15 is 0 Å². The lowest BCUT2D eigenvalue weighted by atomic mass is 10.1. The van der Waals surface area contributed by atoms with Gasteiger partial charge in [0.1, 0.15) is 0 Å². The second-order valence-electron chi connectivity index (χ2n) is 7.42. The van der Waals surface area contributed by atoms with Crippen LogP contribution in [0.4, 0.5) is 11.4 Å². The van der Waals surface area contributed by atoms with Crippen LogP contribution in [-0.2, 0) is 17.3 Å². The minimum absolute atomic E-state index is 0.570. The van der Waals surface area contributed by atoms with Crippen LogP contribution in [0.1, 0.15) is 28.0 Å². The van der Waals surface area contributed by atoms with Crippen LogP contribution in [-0.4, -0.2) is 17.3 Å². The maximum absolute atomic E-state index is 13.3. The van der Waals surface area contributed by atoms with E-state index in [1.54, 1.807) is 11.3 Å². The molecule has 2 heterocycles. The van der Waals surface area contributed by atoms with Crippen molar-refractivity contribution in [2.24, 2.45) is 0 Å². The SMILES string of the molecule is Cc1ccsc1CNCCCN1c2cccc(Cl)c2S(=O)c2ccc(C)c(C)c21. The number of halogens is 1. The van der Waals surface area contributed by atoms with Crippen molar-refractivity contribution in [2.45, 2.75) is 43.5 Å². The van der Waals surface area contributed by atoms with Gasteiger partial charge in [0.2, 0.25) is 0 Å². The summed E-state index contributed by atoms with van der Waals surface area (Å²) in [7, 11) is -1.26. The van der Waals surface area contributed by atoms with Crippen molar-refractivity contribution < 1.29 is 4.21 Å². The molecular formula is C23H25ClN2OS2. The van der Waals surface area contributed by atoms with Crippen LogP contribution in [0.15, 0.2) is 51.6 Å². The molecule has 1 aliphatic rings. The highest BCUT2D eigenvalue weighted by Gasteiger charge is 2.31. The highest BCUT2D eigenvalue weighted by atomic mass is 35.5. The highest BCUT2D eigenvalue weighted by molar-refractivity contribution is 7.85. The first-order valence-electron chi connectivity index (χ1n) is 9.80. The Kier molecular flexibility index (Phi) is 6.11. The normalized spacial score (nSPS) is 15.3. The zero-order valence-corrected chi connectivity index (χ0v) is 19.3. The molecule has 29 heavy (non-hydrogen) atoms.